The molecule has 10 heteroatoms. The SMILES string of the molecule is CCOC(=O)c1sc2nc(NC(=O)c3cc(OC)c(OC)c(OC)c3)sc2c1C. The molecule has 154 valence electrons. The van der Waals surface area contributed by atoms with Gasteiger partial charge in [0.15, 0.2) is 16.6 Å². The third kappa shape index (κ3) is 3.99. The topological polar surface area (TPSA) is 96.0 Å². The van der Waals surface area contributed by atoms with Gasteiger partial charge in [-0.3, -0.25) is 10.1 Å². The zero-order valence-electron chi connectivity index (χ0n) is 16.6. The monoisotopic (exact) mass is 436 g/mol. The number of benzene rings is 1. The summed E-state index contributed by atoms with van der Waals surface area (Å²) >= 11 is 2.55. The van der Waals surface area contributed by atoms with Crippen molar-refractivity contribution in [2.24, 2.45) is 0 Å². The molecule has 0 saturated carbocycles. The van der Waals surface area contributed by atoms with E-state index in [2.05, 4.69) is 10.3 Å². The van der Waals surface area contributed by atoms with Gasteiger partial charge in [0.05, 0.1) is 32.6 Å². The van der Waals surface area contributed by atoms with Crippen LogP contribution in [0.5, 0.6) is 17.2 Å². The Morgan fingerprint density at radius 3 is 2.24 bits per heavy atom. The summed E-state index contributed by atoms with van der Waals surface area (Å²) in [4.78, 5) is 30.4. The number of carbonyl (C=O) groups excluding carboxylic acids is 2. The lowest BCUT2D eigenvalue weighted by Gasteiger charge is -2.13. The van der Waals surface area contributed by atoms with Crippen LogP contribution in [0.2, 0.25) is 0 Å². The quantitative estimate of drug-likeness (QED) is 0.557. The Labute approximate surface area is 175 Å². The van der Waals surface area contributed by atoms with Crippen LogP contribution in [-0.2, 0) is 4.74 Å². The van der Waals surface area contributed by atoms with Crippen LogP contribution in [0.15, 0.2) is 12.1 Å². The fraction of sp³-hybridized carbons (Fsp3) is 0.316. The number of anilines is 1. The number of rotatable bonds is 7. The molecule has 1 aromatic carbocycles. The highest BCUT2D eigenvalue weighted by Crippen LogP contribution is 2.39. The lowest BCUT2D eigenvalue weighted by molar-refractivity contribution is 0.0531. The molecule has 0 bridgehead atoms. The summed E-state index contributed by atoms with van der Waals surface area (Å²) in [6, 6.07) is 3.13. The van der Waals surface area contributed by atoms with Gasteiger partial charge in [-0.1, -0.05) is 11.3 Å². The van der Waals surface area contributed by atoms with Gasteiger partial charge in [0.25, 0.3) is 5.91 Å². The van der Waals surface area contributed by atoms with E-state index in [0.29, 0.717) is 44.3 Å². The first kappa shape index (κ1) is 20.9. The number of aromatic nitrogens is 1. The normalized spacial score (nSPS) is 10.7. The molecule has 29 heavy (non-hydrogen) atoms. The van der Waals surface area contributed by atoms with Gasteiger partial charge in [0.2, 0.25) is 5.75 Å². The van der Waals surface area contributed by atoms with Crippen molar-refractivity contribution >= 4 is 49.2 Å². The van der Waals surface area contributed by atoms with E-state index in [9.17, 15) is 9.59 Å². The van der Waals surface area contributed by atoms with E-state index in [4.69, 9.17) is 18.9 Å². The van der Waals surface area contributed by atoms with Gasteiger partial charge >= 0.3 is 5.97 Å². The number of methoxy groups -OCH3 is 3. The summed E-state index contributed by atoms with van der Waals surface area (Å²) in [5.41, 5.74) is 1.14. The summed E-state index contributed by atoms with van der Waals surface area (Å²) in [7, 11) is 4.46. The van der Waals surface area contributed by atoms with Gasteiger partial charge in [-0.2, -0.15) is 0 Å². The number of fused-ring (bicyclic) bond motifs is 1. The second-order valence-corrected chi connectivity index (χ2v) is 7.80. The van der Waals surface area contributed by atoms with Crippen LogP contribution in [0.1, 0.15) is 32.5 Å². The molecule has 3 aromatic rings. The number of thiazole rings is 1. The van der Waals surface area contributed by atoms with Crippen LogP contribution in [0, 0.1) is 6.92 Å². The Morgan fingerprint density at radius 2 is 1.72 bits per heavy atom. The molecule has 0 aliphatic carbocycles. The summed E-state index contributed by atoms with van der Waals surface area (Å²) in [6.45, 7) is 3.92. The van der Waals surface area contributed by atoms with Crippen molar-refractivity contribution in [3.05, 3.63) is 28.1 Å². The predicted octanol–water partition coefficient (Wildman–Crippen LogP) is 4.12. The number of carbonyl (C=O) groups is 2. The molecule has 0 atom stereocenters. The summed E-state index contributed by atoms with van der Waals surface area (Å²) < 4.78 is 21.8. The van der Waals surface area contributed by atoms with Gasteiger partial charge < -0.3 is 18.9 Å². The molecule has 0 fully saturated rings. The molecule has 1 amide bonds. The van der Waals surface area contributed by atoms with Gasteiger partial charge in [-0.25, -0.2) is 9.78 Å². The molecule has 2 aromatic heterocycles. The van der Waals surface area contributed by atoms with E-state index < -0.39 is 0 Å². The number of aryl methyl sites for hydroxylation is 1. The van der Waals surface area contributed by atoms with Gasteiger partial charge in [-0.15, -0.1) is 11.3 Å². The lowest BCUT2D eigenvalue weighted by atomic mass is 10.1. The Hall–Kier alpha value is -2.85. The van der Waals surface area contributed by atoms with E-state index >= 15 is 0 Å². The zero-order valence-corrected chi connectivity index (χ0v) is 18.2. The minimum atomic E-state index is -0.367. The average Bonchev–Trinajstić information content (AvgIpc) is 3.25. The highest BCUT2D eigenvalue weighted by Gasteiger charge is 2.22. The summed E-state index contributed by atoms with van der Waals surface area (Å²) in [5, 5.41) is 3.22. The second-order valence-electron chi connectivity index (χ2n) is 5.80. The van der Waals surface area contributed by atoms with Gasteiger partial charge in [-0.05, 0) is 31.5 Å². The third-order valence-electron chi connectivity index (χ3n) is 4.08. The molecule has 2 heterocycles. The number of nitrogens with one attached hydrogen (secondary N) is 1. The molecular formula is C19H20N2O6S2. The highest BCUT2D eigenvalue weighted by atomic mass is 32.1. The number of amides is 1. The van der Waals surface area contributed by atoms with Crippen LogP contribution >= 0.6 is 22.7 Å². The fourth-order valence-electron chi connectivity index (χ4n) is 2.71. The molecular weight excluding hydrogens is 416 g/mol. The van der Waals surface area contributed by atoms with E-state index in [1.807, 2.05) is 6.92 Å². The van der Waals surface area contributed by atoms with Gasteiger partial charge in [0, 0.05) is 5.56 Å². The van der Waals surface area contributed by atoms with Crippen LogP contribution in [0.4, 0.5) is 5.13 Å². The third-order valence-corrected chi connectivity index (χ3v) is 6.47. The molecule has 0 radical (unpaired) electrons. The zero-order chi connectivity index (χ0) is 21.1. The maximum atomic E-state index is 12.7. The minimum absolute atomic E-state index is 0.313. The van der Waals surface area contributed by atoms with Crippen molar-refractivity contribution in [1.82, 2.24) is 4.98 Å². The summed E-state index contributed by atoms with van der Waals surface area (Å²) in [6.07, 6.45) is 0. The number of ether oxygens (including phenoxy) is 4. The van der Waals surface area contributed by atoms with E-state index in [-0.39, 0.29) is 11.9 Å². The van der Waals surface area contributed by atoms with Crippen molar-refractivity contribution in [2.75, 3.05) is 33.3 Å². The first-order valence-corrected chi connectivity index (χ1v) is 10.2. The Kier molecular flexibility index (Phi) is 6.23. The molecule has 1 N–H and O–H groups in total. The number of esters is 1. The predicted molar refractivity (Wildman–Crippen MR) is 112 cm³/mol. The number of thiophene rings is 1. The van der Waals surface area contributed by atoms with Crippen LogP contribution in [-0.4, -0.2) is 44.8 Å². The second kappa shape index (κ2) is 8.66. The number of nitrogens with zero attached hydrogens (tertiary/aromatic N) is 1. The molecule has 0 aliphatic rings. The van der Waals surface area contributed by atoms with E-state index in [1.165, 1.54) is 44.0 Å². The van der Waals surface area contributed by atoms with E-state index in [0.717, 1.165) is 10.3 Å². The molecule has 0 unspecified atom stereocenters. The number of hydrogen-bond acceptors (Lipinski definition) is 9. The Morgan fingerprint density at radius 1 is 1.07 bits per heavy atom. The van der Waals surface area contributed by atoms with E-state index in [1.54, 1.807) is 19.1 Å². The largest absolute Gasteiger partial charge is 0.493 e. The smallest absolute Gasteiger partial charge is 0.348 e. The molecule has 8 nitrogen and oxygen atoms in total. The highest BCUT2D eigenvalue weighted by molar-refractivity contribution is 7.30. The molecule has 0 saturated heterocycles. The Bertz CT molecular complexity index is 1050. The van der Waals surface area contributed by atoms with Crippen molar-refractivity contribution in [3.63, 3.8) is 0 Å². The molecule has 3 rings (SSSR count). The molecule has 0 spiro atoms. The number of hydrogen-bond donors (Lipinski definition) is 1. The lowest BCUT2D eigenvalue weighted by Crippen LogP contribution is -2.12. The first-order chi connectivity index (χ1) is 13.9. The fourth-order valence-corrected chi connectivity index (χ4v) is 4.92. The minimum Gasteiger partial charge on any atom is -0.493 e. The van der Waals surface area contributed by atoms with Crippen molar-refractivity contribution in [3.8, 4) is 17.2 Å². The maximum Gasteiger partial charge on any atom is 0.348 e. The van der Waals surface area contributed by atoms with Crippen molar-refractivity contribution in [2.45, 2.75) is 13.8 Å². The Balaban J connectivity index is 1.87. The first-order valence-electron chi connectivity index (χ1n) is 8.61. The van der Waals surface area contributed by atoms with Crippen molar-refractivity contribution in [1.29, 1.82) is 0 Å². The van der Waals surface area contributed by atoms with Gasteiger partial charge in [0.1, 0.15) is 9.71 Å². The van der Waals surface area contributed by atoms with Crippen LogP contribution in [0.3, 0.4) is 0 Å². The molecule has 0 aliphatic heterocycles. The van der Waals surface area contributed by atoms with Crippen molar-refractivity contribution < 1.29 is 28.5 Å². The summed E-state index contributed by atoms with van der Waals surface area (Å²) in [5.74, 6) is 0.444. The van der Waals surface area contributed by atoms with Crippen LogP contribution in [0.25, 0.3) is 9.53 Å². The average molecular weight is 437 g/mol. The maximum absolute atomic E-state index is 12.7. The van der Waals surface area contributed by atoms with Crippen LogP contribution < -0.4 is 19.5 Å². The standard InChI is InChI=1S/C19H20N2O6S2/c1-6-27-18(23)15-9(2)14-17(28-15)21-19(29-14)20-16(22)10-7-11(24-3)13(26-5)12(8-10)25-4/h7-8H,6H2,1-5H3,(H,20,21,22).